The predicted octanol–water partition coefficient (Wildman–Crippen LogP) is 1.44. The van der Waals surface area contributed by atoms with Gasteiger partial charge in [0, 0.05) is 6.54 Å². The third kappa shape index (κ3) is 5.98. The fourth-order valence-corrected chi connectivity index (χ4v) is 1.12. The third-order valence-corrected chi connectivity index (χ3v) is 2.04. The fraction of sp³-hybridized carbons (Fsp3) is 0.778. The monoisotopic (exact) mass is 256 g/mol. The second-order valence-corrected chi connectivity index (χ2v) is 3.38. The van der Waals surface area contributed by atoms with Crippen molar-refractivity contribution in [2.24, 2.45) is 0 Å². The van der Waals surface area contributed by atoms with E-state index >= 15 is 0 Å². The molecule has 0 aromatic carbocycles. The lowest BCUT2D eigenvalue weighted by Crippen LogP contribution is -2.50. The van der Waals surface area contributed by atoms with E-state index in [2.05, 4.69) is 0 Å². The van der Waals surface area contributed by atoms with Gasteiger partial charge in [0.15, 0.2) is 0 Å². The normalized spacial score (nSPS) is 13.0. The molecule has 1 atom stereocenters. The summed E-state index contributed by atoms with van der Waals surface area (Å²) in [7, 11) is 0. The summed E-state index contributed by atoms with van der Waals surface area (Å²) in [6.07, 6.45) is -4.40. The molecule has 2 N–H and O–H groups in total. The SMILES string of the molecule is CCC(NC(=O)N(CC)CC(F)(F)F)C(=O)O. The summed E-state index contributed by atoms with van der Waals surface area (Å²) in [6.45, 7) is 1.35. The van der Waals surface area contributed by atoms with Crippen LogP contribution in [0.2, 0.25) is 0 Å². The Bertz CT molecular complexity index is 281. The Hall–Kier alpha value is -1.47. The van der Waals surface area contributed by atoms with Gasteiger partial charge in [0.25, 0.3) is 0 Å². The maximum absolute atomic E-state index is 12.1. The van der Waals surface area contributed by atoms with E-state index in [0.717, 1.165) is 0 Å². The number of carboxylic acids is 1. The van der Waals surface area contributed by atoms with Crippen molar-refractivity contribution >= 4 is 12.0 Å². The Labute approximate surface area is 96.6 Å². The molecule has 0 aromatic heterocycles. The molecule has 0 aliphatic carbocycles. The van der Waals surface area contributed by atoms with Gasteiger partial charge in [-0.25, -0.2) is 9.59 Å². The molecule has 0 heterocycles. The minimum absolute atomic E-state index is 0.102. The van der Waals surface area contributed by atoms with Crippen LogP contribution in [0, 0.1) is 0 Å². The molecule has 0 radical (unpaired) electrons. The van der Waals surface area contributed by atoms with Crippen molar-refractivity contribution in [2.75, 3.05) is 13.1 Å². The largest absolute Gasteiger partial charge is 0.480 e. The topological polar surface area (TPSA) is 69.6 Å². The second kappa shape index (κ2) is 6.31. The molecular weight excluding hydrogens is 241 g/mol. The standard InChI is InChI=1S/C9H15F3N2O3/c1-3-6(7(15)16)13-8(17)14(4-2)5-9(10,11)12/h6H,3-5H2,1-2H3,(H,13,17)(H,15,16). The molecule has 5 nitrogen and oxygen atoms in total. The van der Waals surface area contributed by atoms with Crippen molar-refractivity contribution < 1.29 is 27.9 Å². The van der Waals surface area contributed by atoms with Crippen LogP contribution in [0.1, 0.15) is 20.3 Å². The lowest BCUT2D eigenvalue weighted by atomic mass is 10.2. The average Bonchev–Trinajstić information content (AvgIpc) is 2.20. The van der Waals surface area contributed by atoms with Crippen molar-refractivity contribution in [3.05, 3.63) is 0 Å². The van der Waals surface area contributed by atoms with Gasteiger partial charge in [-0.3, -0.25) is 0 Å². The van der Waals surface area contributed by atoms with Crippen molar-refractivity contribution in [2.45, 2.75) is 32.5 Å². The number of amides is 2. The number of nitrogens with zero attached hydrogens (tertiary/aromatic N) is 1. The Morgan fingerprint density at radius 1 is 1.35 bits per heavy atom. The van der Waals surface area contributed by atoms with E-state index in [-0.39, 0.29) is 13.0 Å². The minimum Gasteiger partial charge on any atom is -0.480 e. The number of aliphatic carboxylic acids is 1. The molecule has 0 aliphatic heterocycles. The number of hydrogen-bond acceptors (Lipinski definition) is 2. The van der Waals surface area contributed by atoms with Crippen LogP contribution in [-0.4, -0.2) is 47.3 Å². The van der Waals surface area contributed by atoms with Crippen LogP contribution < -0.4 is 5.32 Å². The summed E-state index contributed by atoms with van der Waals surface area (Å²) < 4.78 is 36.3. The van der Waals surface area contributed by atoms with E-state index < -0.39 is 30.8 Å². The molecule has 0 aliphatic rings. The van der Waals surface area contributed by atoms with Crippen LogP contribution in [0.3, 0.4) is 0 Å². The highest BCUT2D eigenvalue weighted by Gasteiger charge is 2.33. The number of urea groups is 1. The predicted molar refractivity (Wildman–Crippen MR) is 53.5 cm³/mol. The van der Waals surface area contributed by atoms with Gasteiger partial charge in [-0.05, 0) is 13.3 Å². The third-order valence-electron chi connectivity index (χ3n) is 2.04. The smallest absolute Gasteiger partial charge is 0.406 e. The van der Waals surface area contributed by atoms with Crippen LogP contribution in [0.5, 0.6) is 0 Å². The number of alkyl halides is 3. The summed E-state index contributed by atoms with van der Waals surface area (Å²) in [4.78, 5) is 22.5. The molecule has 0 spiro atoms. The van der Waals surface area contributed by atoms with Gasteiger partial charge in [-0.2, -0.15) is 13.2 Å². The van der Waals surface area contributed by atoms with E-state index in [0.29, 0.717) is 4.90 Å². The first kappa shape index (κ1) is 15.5. The van der Waals surface area contributed by atoms with Gasteiger partial charge in [-0.1, -0.05) is 6.92 Å². The highest BCUT2D eigenvalue weighted by atomic mass is 19.4. The lowest BCUT2D eigenvalue weighted by molar-refractivity contribution is -0.140. The van der Waals surface area contributed by atoms with E-state index in [1.54, 1.807) is 0 Å². The molecule has 0 saturated heterocycles. The molecule has 2 amide bonds. The maximum atomic E-state index is 12.1. The minimum atomic E-state index is -4.50. The Balaban J connectivity index is 4.50. The molecule has 0 aromatic rings. The van der Waals surface area contributed by atoms with Crippen LogP contribution in [0.15, 0.2) is 0 Å². The number of carboxylic acid groups (broad SMARTS) is 1. The van der Waals surface area contributed by atoms with E-state index in [9.17, 15) is 22.8 Å². The summed E-state index contributed by atoms with van der Waals surface area (Å²) >= 11 is 0. The van der Waals surface area contributed by atoms with E-state index in [4.69, 9.17) is 5.11 Å². The number of nitrogens with one attached hydrogen (secondary N) is 1. The number of hydrogen-bond donors (Lipinski definition) is 2. The molecule has 0 rings (SSSR count). The van der Waals surface area contributed by atoms with E-state index in [1.807, 2.05) is 5.32 Å². The summed E-state index contributed by atoms with van der Waals surface area (Å²) in [6, 6.07) is -2.20. The van der Waals surface area contributed by atoms with Gasteiger partial charge in [0.2, 0.25) is 0 Å². The Morgan fingerprint density at radius 2 is 1.88 bits per heavy atom. The highest BCUT2D eigenvalue weighted by Crippen LogP contribution is 2.16. The Kier molecular flexibility index (Phi) is 5.77. The van der Waals surface area contributed by atoms with Crippen molar-refractivity contribution in [3.63, 3.8) is 0 Å². The van der Waals surface area contributed by atoms with Gasteiger partial charge in [0.05, 0.1) is 0 Å². The zero-order valence-electron chi connectivity index (χ0n) is 9.54. The first-order valence-electron chi connectivity index (χ1n) is 5.06. The molecule has 100 valence electrons. The molecule has 1 unspecified atom stereocenters. The molecule has 8 heteroatoms. The van der Waals surface area contributed by atoms with Gasteiger partial charge < -0.3 is 15.3 Å². The van der Waals surface area contributed by atoms with Crippen LogP contribution >= 0.6 is 0 Å². The average molecular weight is 256 g/mol. The number of rotatable bonds is 5. The first-order chi connectivity index (χ1) is 7.71. The zero-order valence-corrected chi connectivity index (χ0v) is 9.54. The molecule has 0 saturated carbocycles. The second-order valence-electron chi connectivity index (χ2n) is 3.38. The maximum Gasteiger partial charge on any atom is 0.406 e. The molecular formula is C9H15F3N2O3. The van der Waals surface area contributed by atoms with Crippen molar-refractivity contribution in [1.82, 2.24) is 10.2 Å². The fourth-order valence-electron chi connectivity index (χ4n) is 1.12. The zero-order chi connectivity index (χ0) is 13.6. The van der Waals surface area contributed by atoms with Crippen molar-refractivity contribution in [3.8, 4) is 0 Å². The first-order valence-corrected chi connectivity index (χ1v) is 5.06. The van der Waals surface area contributed by atoms with Gasteiger partial charge in [0.1, 0.15) is 12.6 Å². The van der Waals surface area contributed by atoms with Crippen LogP contribution in [0.25, 0.3) is 0 Å². The molecule has 17 heavy (non-hydrogen) atoms. The van der Waals surface area contributed by atoms with Gasteiger partial charge >= 0.3 is 18.2 Å². The summed E-state index contributed by atoms with van der Waals surface area (Å²) in [5.41, 5.74) is 0. The summed E-state index contributed by atoms with van der Waals surface area (Å²) in [5.74, 6) is -1.27. The number of carbonyl (C=O) groups excluding carboxylic acids is 1. The summed E-state index contributed by atoms with van der Waals surface area (Å²) in [5, 5.41) is 10.7. The van der Waals surface area contributed by atoms with Gasteiger partial charge in [-0.15, -0.1) is 0 Å². The number of carbonyl (C=O) groups is 2. The number of halogens is 3. The quantitative estimate of drug-likeness (QED) is 0.782. The lowest BCUT2D eigenvalue weighted by Gasteiger charge is -2.24. The van der Waals surface area contributed by atoms with Crippen LogP contribution in [-0.2, 0) is 4.79 Å². The highest BCUT2D eigenvalue weighted by molar-refractivity contribution is 5.82. The Morgan fingerprint density at radius 3 is 2.18 bits per heavy atom. The van der Waals surface area contributed by atoms with E-state index in [1.165, 1.54) is 13.8 Å². The molecule has 0 bridgehead atoms. The van der Waals surface area contributed by atoms with Crippen molar-refractivity contribution in [1.29, 1.82) is 0 Å². The van der Waals surface area contributed by atoms with Crippen LogP contribution in [0.4, 0.5) is 18.0 Å². The molecule has 0 fully saturated rings.